The number of aliphatic hydroxyl groups is 1. The van der Waals surface area contributed by atoms with Crippen molar-refractivity contribution in [3.8, 4) is 0 Å². The van der Waals surface area contributed by atoms with Crippen molar-refractivity contribution in [3.63, 3.8) is 0 Å². The molecular formula is C17H27ClN2O. The molecule has 1 aliphatic heterocycles. The number of piperidine rings is 1. The molecule has 0 aromatic heterocycles. The maximum absolute atomic E-state index is 9.68. The highest BCUT2D eigenvalue weighted by atomic mass is 35.5. The standard InChI is InChI=1S/C17H27ClN2O/c1-4-19-12(2)15-5-6-17(16(18)11-15)20-9-7-14(8-10-20)13(3)21/h5-6,11-14,19,21H,4,7-10H2,1-3H3. The minimum atomic E-state index is -0.203. The van der Waals surface area contributed by atoms with Gasteiger partial charge >= 0.3 is 0 Å². The molecule has 1 aromatic carbocycles. The number of anilines is 1. The molecule has 21 heavy (non-hydrogen) atoms. The molecule has 1 aromatic rings. The van der Waals surface area contributed by atoms with Gasteiger partial charge in [0.15, 0.2) is 0 Å². The van der Waals surface area contributed by atoms with Crippen LogP contribution >= 0.6 is 11.6 Å². The van der Waals surface area contributed by atoms with Gasteiger partial charge in [0, 0.05) is 19.1 Å². The molecule has 118 valence electrons. The predicted molar refractivity (Wildman–Crippen MR) is 90.2 cm³/mol. The van der Waals surface area contributed by atoms with E-state index >= 15 is 0 Å². The van der Waals surface area contributed by atoms with Gasteiger partial charge in [-0.3, -0.25) is 0 Å². The van der Waals surface area contributed by atoms with Crippen LogP contribution in [0.2, 0.25) is 5.02 Å². The van der Waals surface area contributed by atoms with Gasteiger partial charge in [-0.25, -0.2) is 0 Å². The average Bonchev–Trinajstić information content (AvgIpc) is 2.47. The molecule has 0 aliphatic carbocycles. The van der Waals surface area contributed by atoms with Gasteiger partial charge in [0.2, 0.25) is 0 Å². The van der Waals surface area contributed by atoms with Crippen LogP contribution in [0.15, 0.2) is 18.2 Å². The molecule has 2 atom stereocenters. The molecule has 0 bridgehead atoms. The summed E-state index contributed by atoms with van der Waals surface area (Å²) in [5.74, 6) is 0.424. The monoisotopic (exact) mass is 310 g/mol. The first-order chi connectivity index (χ1) is 10.0. The molecule has 0 amide bonds. The van der Waals surface area contributed by atoms with Crippen LogP contribution in [0.25, 0.3) is 0 Å². The van der Waals surface area contributed by atoms with Gasteiger partial charge in [0.1, 0.15) is 0 Å². The summed E-state index contributed by atoms with van der Waals surface area (Å²) in [7, 11) is 0. The zero-order valence-corrected chi connectivity index (χ0v) is 14.0. The highest BCUT2D eigenvalue weighted by Crippen LogP contribution is 2.32. The number of benzene rings is 1. The SMILES string of the molecule is CCNC(C)c1ccc(N2CCC(C(C)O)CC2)c(Cl)c1. The minimum Gasteiger partial charge on any atom is -0.393 e. The Kier molecular flexibility index (Phi) is 5.91. The Morgan fingerprint density at radius 3 is 2.52 bits per heavy atom. The Morgan fingerprint density at radius 1 is 1.33 bits per heavy atom. The van der Waals surface area contributed by atoms with Gasteiger partial charge in [-0.2, -0.15) is 0 Å². The van der Waals surface area contributed by atoms with Crippen LogP contribution in [0.3, 0.4) is 0 Å². The Morgan fingerprint density at radius 2 is 2.00 bits per heavy atom. The third-order valence-electron chi connectivity index (χ3n) is 4.54. The summed E-state index contributed by atoms with van der Waals surface area (Å²) >= 11 is 6.49. The molecule has 4 heteroatoms. The Balaban J connectivity index is 2.05. The van der Waals surface area contributed by atoms with E-state index < -0.39 is 0 Å². The largest absolute Gasteiger partial charge is 0.393 e. The summed E-state index contributed by atoms with van der Waals surface area (Å²) in [4.78, 5) is 2.34. The molecule has 1 aliphatic rings. The molecule has 2 rings (SSSR count). The second-order valence-corrected chi connectivity index (χ2v) is 6.46. The van der Waals surface area contributed by atoms with Crippen molar-refractivity contribution in [2.45, 2.75) is 45.8 Å². The number of halogens is 1. The van der Waals surface area contributed by atoms with Crippen molar-refractivity contribution < 1.29 is 5.11 Å². The Bertz CT molecular complexity index is 456. The number of nitrogens with zero attached hydrogens (tertiary/aromatic N) is 1. The van der Waals surface area contributed by atoms with Crippen molar-refractivity contribution in [2.24, 2.45) is 5.92 Å². The van der Waals surface area contributed by atoms with Crippen LogP contribution in [0.5, 0.6) is 0 Å². The second-order valence-electron chi connectivity index (χ2n) is 6.06. The van der Waals surface area contributed by atoms with Gasteiger partial charge < -0.3 is 15.3 Å². The first-order valence-corrected chi connectivity index (χ1v) is 8.36. The minimum absolute atomic E-state index is 0.203. The zero-order valence-electron chi connectivity index (χ0n) is 13.3. The number of nitrogens with one attached hydrogen (secondary N) is 1. The normalized spacial score (nSPS) is 19.6. The van der Waals surface area contributed by atoms with Gasteiger partial charge in [0.05, 0.1) is 16.8 Å². The molecule has 1 saturated heterocycles. The summed E-state index contributed by atoms with van der Waals surface area (Å²) in [6, 6.07) is 6.69. The fourth-order valence-electron chi connectivity index (χ4n) is 3.10. The number of aliphatic hydroxyl groups excluding tert-OH is 1. The first kappa shape index (κ1) is 16.6. The predicted octanol–water partition coefficient (Wildman–Crippen LogP) is 3.61. The van der Waals surface area contributed by atoms with Crippen molar-refractivity contribution in [2.75, 3.05) is 24.5 Å². The quantitative estimate of drug-likeness (QED) is 0.872. The van der Waals surface area contributed by atoms with Gasteiger partial charge in [-0.1, -0.05) is 24.6 Å². The highest BCUT2D eigenvalue weighted by Gasteiger charge is 2.24. The van der Waals surface area contributed by atoms with E-state index in [0.717, 1.165) is 43.2 Å². The van der Waals surface area contributed by atoms with E-state index in [1.807, 2.05) is 6.92 Å². The van der Waals surface area contributed by atoms with E-state index in [1.54, 1.807) is 0 Å². The molecule has 1 heterocycles. The summed E-state index contributed by atoms with van der Waals surface area (Å²) < 4.78 is 0. The van der Waals surface area contributed by atoms with Crippen LogP contribution in [0.1, 0.15) is 45.2 Å². The number of rotatable bonds is 5. The summed E-state index contributed by atoms with van der Waals surface area (Å²) in [5, 5.41) is 13.9. The molecule has 2 N–H and O–H groups in total. The first-order valence-electron chi connectivity index (χ1n) is 7.98. The topological polar surface area (TPSA) is 35.5 Å². The molecule has 2 unspecified atom stereocenters. The number of hydrogen-bond acceptors (Lipinski definition) is 3. The second kappa shape index (κ2) is 7.48. The molecule has 0 radical (unpaired) electrons. The Hall–Kier alpha value is -0.770. The highest BCUT2D eigenvalue weighted by molar-refractivity contribution is 6.33. The van der Waals surface area contributed by atoms with E-state index in [2.05, 4.69) is 42.3 Å². The van der Waals surface area contributed by atoms with Crippen LogP contribution < -0.4 is 10.2 Å². The van der Waals surface area contributed by atoms with Crippen LogP contribution in [-0.2, 0) is 0 Å². The maximum Gasteiger partial charge on any atom is 0.0642 e. The lowest BCUT2D eigenvalue weighted by atomic mass is 9.92. The number of hydrogen-bond donors (Lipinski definition) is 2. The van der Waals surface area contributed by atoms with Gasteiger partial charge in [-0.05, 0) is 56.8 Å². The van der Waals surface area contributed by atoms with Gasteiger partial charge in [0.25, 0.3) is 0 Å². The third kappa shape index (κ3) is 4.12. The Labute approximate surface area is 133 Å². The van der Waals surface area contributed by atoms with Crippen molar-refractivity contribution in [1.82, 2.24) is 5.32 Å². The van der Waals surface area contributed by atoms with Crippen molar-refractivity contribution in [3.05, 3.63) is 28.8 Å². The van der Waals surface area contributed by atoms with E-state index in [0.29, 0.717) is 12.0 Å². The summed E-state index contributed by atoms with van der Waals surface area (Å²) in [6.45, 7) is 9.05. The van der Waals surface area contributed by atoms with E-state index in [1.165, 1.54) is 5.56 Å². The molecule has 0 saturated carbocycles. The van der Waals surface area contributed by atoms with Gasteiger partial charge in [-0.15, -0.1) is 0 Å². The summed E-state index contributed by atoms with van der Waals surface area (Å²) in [6.07, 6.45) is 1.86. The fraction of sp³-hybridized carbons (Fsp3) is 0.647. The van der Waals surface area contributed by atoms with Crippen molar-refractivity contribution in [1.29, 1.82) is 0 Å². The van der Waals surface area contributed by atoms with Crippen LogP contribution in [0.4, 0.5) is 5.69 Å². The third-order valence-corrected chi connectivity index (χ3v) is 4.85. The van der Waals surface area contributed by atoms with Crippen LogP contribution in [0, 0.1) is 5.92 Å². The lowest BCUT2D eigenvalue weighted by Gasteiger charge is -2.35. The maximum atomic E-state index is 9.68. The van der Waals surface area contributed by atoms with E-state index in [9.17, 15) is 5.11 Å². The van der Waals surface area contributed by atoms with Crippen LogP contribution in [-0.4, -0.2) is 30.8 Å². The van der Waals surface area contributed by atoms with Crippen molar-refractivity contribution >= 4 is 17.3 Å². The zero-order chi connectivity index (χ0) is 15.4. The smallest absolute Gasteiger partial charge is 0.0642 e. The fourth-order valence-corrected chi connectivity index (χ4v) is 3.40. The van der Waals surface area contributed by atoms with E-state index in [-0.39, 0.29) is 6.10 Å². The lowest BCUT2D eigenvalue weighted by molar-refractivity contribution is 0.110. The molecular weight excluding hydrogens is 284 g/mol. The summed E-state index contributed by atoms with van der Waals surface area (Å²) in [5.41, 5.74) is 2.35. The van der Waals surface area contributed by atoms with E-state index in [4.69, 9.17) is 11.6 Å². The molecule has 1 fully saturated rings. The molecule has 0 spiro atoms. The average molecular weight is 311 g/mol. The molecule has 3 nitrogen and oxygen atoms in total. The lowest BCUT2D eigenvalue weighted by Crippen LogP contribution is -2.37.